The molecule has 12 heavy (non-hydrogen) atoms. The Bertz CT molecular complexity index is 313. The molecule has 2 nitrogen and oxygen atoms in total. The van der Waals surface area contributed by atoms with Crippen molar-refractivity contribution in [2.24, 2.45) is 0 Å². The van der Waals surface area contributed by atoms with Crippen LogP contribution in [-0.4, -0.2) is 9.78 Å². The predicted octanol–water partition coefficient (Wildman–Crippen LogP) is 3.06. The monoisotopic (exact) mass is 192 g/mol. The van der Waals surface area contributed by atoms with Crippen molar-refractivity contribution in [1.82, 2.24) is 9.78 Å². The minimum Gasteiger partial charge on any atom is -0.296 e. The average molecular weight is 192 g/mol. The van der Waals surface area contributed by atoms with Crippen LogP contribution in [0.4, 0.5) is 8.78 Å². The maximum absolute atomic E-state index is 12.1. The van der Waals surface area contributed by atoms with Crippen LogP contribution in [0, 0.1) is 4.64 Å². The number of hydrogen-bond acceptors (Lipinski definition) is 1. The van der Waals surface area contributed by atoms with Crippen LogP contribution >= 0.6 is 12.2 Å². The average Bonchev–Trinajstić information content (AvgIpc) is 2.30. The van der Waals surface area contributed by atoms with E-state index < -0.39 is 6.43 Å². The van der Waals surface area contributed by atoms with E-state index in [0.29, 0.717) is 4.64 Å². The van der Waals surface area contributed by atoms with Crippen molar-refractivity contribution in [3.63, 3.8) is 0 Å². The highest BCUT2D eigenvalue weighted by Gasteiger charge is 2.11. The number of aromatic nitrogens is 2. The highest BCUT2D eigenvalue weighted by atomic mass is 32.1. The van der Waals surface area contributed by atoms with Crippen LogP contribution in [0.25, 0.3) is 0 Å². The third-order valence-electron chi connectivity index (χ3n) is 1.52. The van der Waals surface area contributed by atoms with Crippen LogP contribution in [0.2, 0.25) is 0 Å². The van der Waals surface area contributed by atoms with Gasteiger partial charge in [0, 0.05) is 12.1 Å². The number of alkyl halides is 2. The van der Waals surface area contributed by atoms with Crippen LogP contribution < -0.4 is 0 Å². The van der Waals surface area contributed by atoms with Gasteiger partial charge in [-0.1, -0.05) is 12.2 Å². The summed E-state index contributed by atoms with van der Waals surface area (Å²) in [7, 11) is 0. The number of nitrogens with zero attached hydrogens (tertiary/aromatic N) is 1. The van der Waals surface area contributed by atoms with E-state index in [9.17, 15) is 8.78 Å². The first-order chi connectivity index (χ1) is 5.52. The molecule has 0 atom stereocenters. The van der Waals surface area contributed by atoms with E-state index in [0.717, 1.165) is 0 Å². The van der Waals surface area contributed by atoms with E-state index in [1.807, 2.05) is 13.8 Å². The van der Waals surface area contributed by atoms with Gasteiger partial charge in [0.15, 0.2) is 0 Å². The van der Waals surface area contributed by atoms with Gasteiger partial charge in [-0.15, -0.1) is 0 Å². The lowest BCUT2D eigenvalue weighted by Crippen LogP contribution is -2.03. The van der Waals surface area contributed by atoms with Crippen molar-refractivity contribution in [1.29, 1.82) is 0 Å². The molecule has 1 rings (SSSR count). The Labute approximate surface area is 74.2 Å². The van der Waals surface area contributed by atoms with Gasteiger partial charge in [0.2, 0.25) is 0 Å². The third kappa shape index (κ3) is 1.72. The molecule has 0 amide bonds. The Morgan fingerprint density at radius 1 is 1.50 bits per heavy atom. The second kappa shape index (κ2) is 3.35. The summed E-state index contributed by atoms with van der Waals surface area (Å²) in [6, 6.07) is 1.38. The van der Waals surface area contributed by atoms with Crippen LogP contribution in [0.1, 0.15) is 32.0 Å². The molecule has 0 saturated heterocycles. The minimum absolute atomic E-state index is 0.0880. The minimum atomic E-state index is -2.48. The summed E-state index contributed by atoms with van der Waals surface area (Å²) in [5, 5.41) is 2.54. The van der Waals surface area contributed by atoms with Gasteiger partial charge >= 0.3 is 0 Å². The SMILES string of the molecule is CC(C)n1[nH]c(C(F)F)cc1=S. The normalized spacial score (nSPS) is 11.5. The van der Waals surface area contributed by atoms with E-state index >= 15 is 0 Å². The lowest BCUT2D eigenvalue weighted by Gasteiger charge is -2.05. The highest BCUT2D eigenvalue weighted by molar-refractivity contribution is 7.71. The largest absolute Gasteiger partial charge is 0.296 e. The molecule has 0 aliphatic heterocycles. The summed E-state index contributed by atoms with van der Waals surface area (Å²) >= 11 is 4.87. The summed E-state index contributed by atoms with van der Waals surface area (Å²) in [5.74, 6) is 0. The number of rotatable bonds is 2. The Morgan fingerprint density at radius 3 is 2.33 bits per heavy atom. The quantitative estimate of drug-likeness (QED) is 0.714. The van der Waals surface area contributed by atoms with Crippen molar-refractivity contribution in [3.05, 3.63) is 16.4 Å². The van der Waals surface area contributed by atoms with Crippen molar-refractivity contribution in [3.8, 4) is 0 Å². The summed E-state index contributed by atoms with van der Waals surface area (Å²) in [4.78, 5) is 0. The molecule has 0 saturated carbocycles. The maximum Gasteiger partial charge on any atom is 0.279 e. The third-order valence-corrected chi connectivity index (χ3v) is 1.83. The van der Waals surface area contributed by atoms with Crippen molar-refractivity contribution in [2.45, 2.75) is 26.3 Å². The molecule has 1 aromatic heterocycles. The summed E-state index contributed by atoms with van der Waals surface area (Å²) in [6.07, 6.45) is -2.48. The molecule has 0 radical (unpaired) electrons. The Balaban J connectivity index is 3.09. The number of halogens is 2. The van der Waals surface area contributed by atoms with Gasteiger partial charge in [0.25, 0.3) is 6.43 Å². The lowest BCUT2D eigenvalue weighted by atomic mass is 10.4. The number of aromatic amines is 1. The second-order valence-electron chi connectivity index (χ2n) is 2.81. The predicted molar refractivity (Wildman–Crippen MR) is 45.0 cm³/mol. The van der Waals surface area contributed by atoms with E-state index in [1.165, 1.54) is 10.7 Å². The molecule has 1 aromatic rings. The van der Waals surface area contributed by atoms with Gasteiger partial charge in [-0.3, -0.25) is 9.78 Å². The first-order valence-corrected chi connectivity index (χ1v) is 4.02. The Kier molecular flexibility index (Phi) is 2.62. The van der Waals surface area contributed by atoms with Gasteiger partial charge in [-0.2, -0.15) is 0 Å². The zero-order valence-electron chi connectivity index (χ0n) is 6.84. The van der Waals surface area contributed by atoms with E-state index in [1.54, 1.807) is 0 Å². The van der Waals surface area contributed by atoms with Gasteiger partial charge in [0.1, 0.15) is 10.3 Å². The molecule has 0 unspecified atom stereocenters. The molecule has 0 fully saturated rings. The van der Waals surface area contributed by atoms with Crippen LogP contribution in [0.3, 0.4) is 0 Å². The molecular formula is C7H10F2N2S. The fourth-order valence-electron chi connectivity index (χ4n) is 0.924. The summed E-state index contributed by atoms with van der Waals surface area (Å²) < 4.78 is 26.2. The number of H-pyrrole nitrogens is 1. The second-order valence-corrected chi connectivity index (χ2v) is 3.23. The lowest BCUT2D eigenvalue weighted by molar-refractivity contribution is 0.144. The number of hydrogen-bond donors (Lipinski definition) is 1. The van der Waals surface area contributed by atoms with E-state index in [4.69, 9.17) is 12.2 Å². The zero-order chi connectivity index (χ0) is 9.30. The molecule has 68 valence electrons. The fraction of sp³-hybridized carbons (Fsp3) is 0.571. The molecule has 5 heteroatoms. The standard InChI is InChI=1S/C7H10F2N2S/c1-4(2)11-6(12)3-5(10-11)7(8)9/h3-4,7,10H,1-2H3. The smallest absolute Gasteiger partial charge is 0.279 e. The van der Waals surface area contributed by atoms with Gasteiger partial charge in [-0.25, -0.2) is 8.78 Å². The van der Waals surface area contributed by atoms with E-state index in [-0.39, 0.29) is 11.7 Å². The molecule has 0 bridgehead atoms. The van der Waals surface area contributed by atoms with Gasteiger partial charge in [0.05, 0.1) is 0 Å². The first kappa shape index (κ1) is 9.38. The van der Waals surface area contributed by atoms with Crippen molar-refractivity contribution < 1.29 is 8.78 Å². The topological polar surface area (TPSA) is 20.7 Å². The molecule has 0 spiro atoms. The highest BCUT2D eigenvalue weighted by Crippen LogP contribution is 2.18. The summed E-state index contributed by atoms with van der Waals surface area (Å²) in [6.45, 7) is 3.75. The molecule has 0 aliphatic carbocycles. The van der Waals surface area contributed by atoms with Crippen molar-refractivity contribution >= 4 is 12.2 Å². The van der Waals surface area contributed by atoms with Gasteiger partial charge < -0.3 is 0 Å². The maximum atomic E-state index is 12.1. The first-order valence-electron chi connectivity index (χ1n) is 3.62. The van der Waals surface area contributed by atoms with Crippen LogP contribution in [0.5, 0.6) is 0 Å². The van der Waals surface area contributed by atoms with Crippen molar-refractivity contribution in [2.75, 3.05) is 0 Å². The van der Waals surface area contributed by atoms with Gasteiger partial charge in [-0.05, 0) is 13.8 Å². The van der Waals surface area contributed by atoms with Crippen LogP contribution in [-0.2, 0) is 0 Å². The molecule has 1 N–H and O–H groups in total. The molecular weight excluding hydrogens is 182 g/mol. The Hall–Kier alpha value is -0.710. The van der Waals surface area contributed by atoms with Crippen LogP contribution in [0.15, 0.2) is 6.07 Å². The molecule has 1 heterocycles. The molecule has 0 aliphatic rings. The summed E-state index contributed by atoms with van der Waals surface area (Å²) in [5.41, 5.74) is -0.117. The molecule has 0 aromatic carbocycles. The van der Waals surface area contributed by atoms with E-state index in [2.05, 4.69) is 5.10 Å². The zero-order valence-corrected chi connectivity index (χ0v) is 7.66. The number of nitrogens with one attached hydrogen (secondary N) is 1. The fourth-order valence-corrected chi connectivity index (χ4v) is 1.31. The Morgan fingerprint density at radius 2 is 2.08 bits per heavy atom.